The summed E-state index contributed by atoms with van der Waals surface area (Å²) >= 11 is 0. The molecule has 0 aliphatic rings. The topological polar surface area (TPSA) is 72.5 Å². The van der Waals surface area contributed by atoms with Crippen LogP contribution in [-0.2, 0) is 19.6 Å². The van der Waals surface area contributed by atoms with Crippen molar-refractivity contribution in [2.45, 2.75) is 25.5 Å². The molecule has 1 aromatic rings. The molecule has 0 aromatic heterocycles. The van der Waals surface area contributed by atoms with Crippen molar-refractivity contribution < 1.29 is 17.9 Å². The van der Waals surface area contributed by atoms with Gasteiger partial charge in [-0.15, -0.1) is 0 Å². The minimum atomic E-state index is -3.79. The fourth-order valence-corrected chi connectivity index (χ4v) is 2.81. The molecule has 1 unspecified atom stereocenters. The molecule has 5 nitrogen and oxygen atoms in total. The van der Waals surface area contributed by atoms with Gasteiger partial charge >= 0.3 is 5.97 Å². The Bertz CT molecular complexity index is 484. The lowest BCUT2D eigenvalue weighted by Crippen LogP contribution is -2.35. The Balaban J connectivity index is 2.87. The number of carbonyl (C=O) groups excluding carboxylic acids is 1. The Hall–Kier alpha value is -1.56. The van der Waals surface area contributed by atoms with Crippen LogP contribution in [0.5, 0.6) is 0 Å². The van der Waals surface area contributed by atoms with E-state index in [1.54, 1.807) is 38.1 Å². The molecule has 0 spiro atoms. The zero-order valence-electron chi connectivity index (χ0n) is 10.3. The molecule has 0 aliphatic heterocycles. The van der Waals surface area contributed by atoms with Crippen LogP contribution < -0.4 is 4.72 Å². The van der Waals surface area contributed by atoms with Crippen molar-refractivity contribution in [2.75, 3.05) is 11.3 Å². The summed E-state index contributed by atoms with van der Waals surface area (Å²) in [6, 6.07) is 9.08. The van der Waals surface area contributed by atoms with Gasteiger partial charge in [0.15, 0.2) is 5.25 Å². The zero-order chi connectivity index (χ0) is 13.6. The molecule has 0 heterocycles. The second kappa shape index (κ2) is 6.39. The van der Waals surface area contributed by atoms with Crippen LogP contribution >= 0.6 is 0 Å². The number of rotatable bonds is 6. The quantitative estimate of drug-likeness (QED) is 0.796. The van der Waals surface area contributed by atoms with Crippen LogP contribution in [0.1, 0.15) is 20.3 Å². The molecule has 99 valence electrons. The summed E-state index contributed by atoms with van der Waals surface area (Å²) in [5.41, 5.74) is 0.400. The molecule has 1 radical (unpaired) electrons. The summed E-state index contributed by atoms with van der Waals surface area (Å²) in [4.78, 5) is 11.6. The Morgan fingerprint density at radius 2 is 2.00 bits per heavy atom. The lowest BCUT2D eigenvalue weighted by atomic mass is 10.3. The number of carbonyl (C=O) groups is 1. The maximum Gasteiger partial charge on any atom is 0.326 e. The number of hydrogen-bond acceptors (Lipinski definition) is 4. The van der Waals surface area contributed by atoms with E-state index in [0.717, 1.165) is 0 Å². The van der Waals surface area contributed by atoms with Crippen LogP contribution in [-0.4, -0.2) is 26.2 Å². The third kappa shape index (κ3) is 3.73. The summed E-state index contributed by atoms with van der Waals surface area (Å²) in [6.45, 7) is 3.42. The molecule has 0 aliphatic carbocycles. The SMILES string of the molecule is CCOC(=O)C(CC)S(=O)(=O)Nc1cc[c]cc1. The number of sulfonamides is 1. The van der Waals surface area contributed by atoms with Crippen molar-refractivity contribution in [1.82, 2.24) is 0 Å². The van der Waals surface area contributed by atoms with E-state index in [-0.39, 0.29) is 13.0 Å². The number of anilines is 1. The molecule has 0 amide bonds. The number of esters is 1. The molecule has 0 saturated carbocycles. The van der Waals surface area contributed by atoms with Crippen molar-refractivity contribution in [3.05, 3.63) is 30.3 Å². The van der Waals surface area contributed by atoms with Gasteiger partial charge in [-0.2, -0.15) is 0 Å². The molecule has 6 heteroatoms. The predicted molar refractivity (Wildman–Crippen MR) is 68.5 cm³/mol. The van der Waals surface area contributed by atoms with Gasteiger partial charge in [0.2, 0.25) is 10.0 Å². The van der Waals surface area contributed by atoms with Gasteiger partial charge in [-0.25, -0.2) is 8.42 Å². The molecule has 0 fully saturated rings. The monoisotopic (exact) mass is 270 g/mol. The normalized spacial score (nSPS) is 12.8. The van der Waals surface area contributed by atoms with Crippen LogP contribution in [0, 0.1) is 6.07 Å². The first-order valence-corrected chi connectivity index (χ1v) is 7.20. The van der Waals surface area contributed by atoms with Crippen LogP contribution in [0.25, 0.3) is 0 Å². The summed E-state index contributed by atoms with van der Waals surface area (Å²) in [5.74, 6) is -0.727. The summed E-state index contributed by atoms with van der Waals surface area (Å²) in [7, 11) is -3.79. The second-order valence-corrected chi connectivity index (χ2v) is 5.45. The van der Waals surface area contributed by atoms with Crippen LogP contribution in [0.15, 0.2) is 24.3 Å². The van der Waals surface area contributed by atoms with Crippen molar-refractivity contribution in [1.29, 1.82) is 0 Å². The highest BCUT2D eigenvalue weighted by molar-refractivity contribution is 7.94. The summed E-state index contributed by atoms with van der Waals surface area (Å²) in [5, 5.41) is -1.19. The van der Waals surface area contributed by atoms with Gasteiger partial charge in [-0.05, 0) is 31.5 Å². The average molecular weight is 270 g/mol. The fourth-order valence-electron chi connectivity index (χ4n) is 1.44. The van der Waals surface area contributed by atoms with E-state index in [0.29, 0.717) is 5.69 Å². The van der Waals surface area contributed by atoms with Gasteiger partial charge in [0.05, 0.1) is 6.61 Å². The highest BCUT2D eigenvalue weighted by Crippen LogP contribution is 2.14. The Morgan fingerprint density at radius 3 is 2.50 bits per heavy atom. The largest absolute Gasteiger partial charge is 0.465 e. The molecule has 1 aromatic carbocycles. The lowest BCUT2D eigenvalue weighted by Gasteiger charge is -2.15. The minimum absolute atomic E-state index is 0.158. The summed E-state index contributed by atoms with van der Waals surface area (Å²) in [6.07, 6.45) is 0.160. The van der Waals surface area contributed by atoms with Gasteiger partial charge < -0.3 is 4.74 Å². The highest BCUT2D eigenvalue weighted by Gasteiger charge is 2.32. The van der Waals surface area contributed by atoms with E-state index in [1.165, 1.54) is 0 Å². The third-order valence-electron chi connectivity index (χ3n) is 2.27. The van der Waals surface area contributed by atoms with E-state index in [1.807, 2.05) is 0 Å². The third-order valence-corrected chi connectivity index (χ3v) is 4.07. The van der Waals surface area contributed by atoms with Gasteiger partial charge in [-0.1, -0.05) is 19.1 Å². The van der Waals surface area contributed by atoms with Gasteiger partial charge in [-0.3, -0.25) is 9.52 Å². The number of hydrogen-bond donors (Lipinski definition) is 1. The Labute approximate surface area is 107 Å². The standard InChI is InChI=1S/C12H16NO4S/c1-3-11(12(14)17-4-2)18(15,16)13-10-8-6-5-7-9-10/h6-9,11,13H,3-4H2,1-2H3. The molecule has 0 bridgehead atoms. The second-order valence-electron chi connectivity index (χ2n) is 3.58. The molecule has 1 atom stereocenters. The van der Waals surface area contributed by atoms with E-state index in [4.69, 9.17) is 4.74 Å². The first-order chi connectivity index (χ1) is 8.51. The van der Waals surface area contributed by atoms with Crippen molar-refractivity contribution in [3.8, 4) is 0 Å². The van der Waals surface area contributed by atoms with E-state index < -0.39 is 21.2 Å². The molecule has 1 rings (SSSR count). The van der Waals surface area contributed by atoms with Crippen molar-refractivity contribution in [2.24, 2.45) is 0 Å². The van der Waals surface area contributed by atoms with Gasteiger partial charge in [0.25, 0.3) is 0 Å². The van der Waals surface area contributed by atoms with Crippen molar-refractivity contribution in [3.63, 3.8) is 0 Å². The van der Waals surface area contributed by atoms with E-state index in [9.17, 15) is 13.2 Å². The smallest absolute Gasteiger partial charge is 0.326 e. The fraction of sp³-hybridized carbons (Fsp3) is 0.417. The molecule has 0 saturated heterocycles. The number of benzene rings is 1. The zero-order valence-corrected chi connectivity index (χ0v) is 11.2. The first kappa shape index (κ1) is 14.5. The summed E-state index contributed by atoms with van der Waals surface area (Å²) < 4.78 is 31.2. The van der Waals surface area contributed by atoms with Crippen molar-refractivity contribution >= 4 is 21.7 Å². The first-order valence-electron chi connectivity index (χ1n) is 5.65. The lowest BCUT2D eigenvalue weighted by molar-refractivity contribution is -0.142. The van der Waals surface area contributed by atoms with Crippen LogP contribution in [0.3, 0.4) is 0 Å². The van der Waals surface area contributed by atoms with Crippen LogP contribution in [0.4, 0.5) is 5.69 Å². The Kier molecular flexibility index (Phi) is 5.15. The minimum Gasteiger partial charge on any atom is -0.465 e. The van der Waals surface area contributed by atoms with Gasteiger partial charge in [0.1, 0.15) is 0 Å². The van der Waals surface area contributed by atoms with E-state index >= 15 is 0 Å². The van der Waals surface area contributed by atoms with Gasteiger partial charge in [0, 0.05) is 5.69 Å². The number of ether oxygens (including phenoxy) is 1. The van der Waals surface area contributed by atoms with E-state index in [2.05, 4.69) is 10.8 Å². The average Bonchev–Trinajstić information content (AvgIpc) is 2.30. The highest BCUT2D eigenvalue weighted by atomic mass is 32.2. The molecule has 1 N–H and O–H groups in total. The number of nitrogens with one attached hydrogen (secondary N) is 1. The molecular weight excluding hydrogens is 254 g/mol. The maximum absolute atomic E-state index is 12.0. The molecule has 18 heavy (non-hydrogen) atoms. The Morgan fingerprint density at radius 1 is 1.39 bits per heavy atom. The maximum atomic E-state index is 12.0. The molecular formula is C12H16NO4S. The van der Waals surface area contributed by atoms with Crippen LogP contribution in [0.2, 0.25) is 0 Å². The predicted octanol–water partition coefficient (Wildman–Crippen LogP) is 1.57.